The van der Waals surface area contributed by atoms with Crippen molar-refractivity contribution in [3.8, 4) is 0 Å². The van der Waals surface area contributed by atoms with Gasteiger partial charge in [-0.25, -0.2) is 8.78 Å². The molecular formula is C13H17F2NO3. The predicted molar refractivity (Wildman–Crippen MR) is 65.6 cm³/mol. The Hall–Kier alpha value is -1.53. The molecule has 2 N–H and O–H groups in total. The number of aliphatic hydroxyl groups excluding tert-OH is 2. The lowest BCUT2D eigenvalue weighted by molar-refractivity contribution is 0.0517. The molecule has 0 aliphatic heterocycles. The maximum atomic E-state index is 13.1. The van der Waals surface area contributed by atoms with Crippen molar-refractivity contribution in [3.63, 3.8) is 0 Å². The first-order valence-corrected chi connectivity index (χ1v) is 5.91. The number of carbonyl (C=O) groups excluding carboxylic acids is 1. The van der Waals surface area contributed by atoms with Crippen LogP contribution in [0, 0.1) is 11.6 Å². The summed E-state index contributed by atoms with van der Waals surface area (Å²) in [5.74, 6) is -2.71. The minimum absolute atomic E-state index is 0.00271. The Labute approximate surface area is 110 Å². The molecule has 1 aromatic carbocycles. The third kappa shape index (κ3) is 4.57. The van der Waals surface area contributed by atoms with Gasteiger partial charge in [0.2, 0.25) is 0 Å². The van der Waals surface area contributed by atoms with Crippen LogP contribution in [-0.4, -0.2) is 46.3 Å². The highest BCUT2D eigenvalue weighted by Gasteiger charge is 2.20. The molecule has 4 nitrogen and oxygen atoms in total. The van der Waals surface area contributed by atoms with Gasteiger partial charge < -0.3 is 15.1 Å². The standard InChI is InChI=1S/C13H17F2NO3/c1-8(17)6-16(7-9(2)18)13(19)10-3-4-11(14)12(15)5-10/h3-5,8-9,17-18H,6-7H2,1-2H3. The zero-order chi connectivity index (χ0) is 14.6. The van der Waals surface area contributed by atoms with E-state index in [1.807, 2.05) is 0 Å². The first-order valence-electron chi connectivity index (χ1n) is 5.91. The molecule has 2 unspecified atom stereocenters. The second-order valence-electron chi connectivity index (χ2n) is 4.54. The molecule has 0 saturated carbocycles. The molecule has 6 heteroatoms. The van der Waals surface area contributed by atoms with Gasteiger partial charge in [-0.3, -0.25) is 4.79 Å². The van der Waals surface area contributed by atoms with Crippen LogP contribution in [0.5, 0.6) is 0 Å². The van der Waals surface area contributed by atoms with Crippen LogP contribution in [0.25, 0.3) is 0 Å². The zero-order valence-electron chi connectivity index (χ0n) is 10.8. The Morgan fingerprint density at radius 3 is 2.11 bits per heavy atom. The summed E-state index contributed by atoms with van der Waals surface area (Å²) in [5.41, 5.74) is -0.0276. The van der Waals surface area contributed by atoms with Crippen LogP contribution in [-0.2, 0) is 0 Å². The highest BCUT2D eigenvalue weighted by Crippen LogP contribution is 2.12. The number of nitrogens with zero attached hydrogens (tertiary/aromatic N) is 1. The van der Waals surface area contributed by atoms with E-state index >= 15 is 0 Å². The lowest BCUT2D eigenvalue weighted by Gasteiger charge is -2.25. The monoisotopic (exact) mass is 273 g/mol. The highest BCUT2D eigenvalue weighted by molar-refractivity contribution is 5.94. The summed E-state index contributed by atoms with van der Waals surface area (Å²) in [6.07, 6.45) is -1.57. The fraction of sp³-hybridized carbons (Fsp3) is 0.462. The third-order valence-electron chi connectivity index (χ3n) is 2.42. The smallest absolute Gasteiger partial charge is 0.254 e. The quantitative estimate of drug-likeness (QED) is 0.846. The first-order chi connectivity index (χ1) is 8.81. The molecule has 0 aliphatic rings. The fourth-order valence-corrected chi connectivity index (χ4v) is 1.69. The van der Waals surface area contributed by atoms with Crippen LogP contribution in [0.4, 0.5) is 8.78 Å². The van der Waals surface area contributed by atoms with Gasteiger partial charge in [-0.2, -0.15) is 0 Å². The number of rotatable bonds is 5. The number of aliphatic hydroxyl groups is 2. The Balaban J connectivity index is 2.94. The molecule has 0 saturated heterocycles. The number of hydrogen-bond acceptors (Lipinski definition) is 3. The topological polar surface area (TPSA) is 60.8 Å². The van der Waals surface area contributed by atoms with E-state index in [1.165, 1.54) is 18.7 Å². The van der Waals surface area contributed by atoms with Gasteiger partial charge in [0.25, 0.3) is 5.91 Å². The molecule has 1 rings (SSSR count). The Morgan fingerprint density at radius 1 is 1.16 bits per heavy atom. The average molecular weight is 273 g/mol. The number of carbonyl (C=O) groups is 1. The van der Waals surface area contributed by atoms with E-state index in [9.17, 15) is 23.8 Å². The van der Waals surface area contributed by atoms with E-state index in [-0.39, 0.29) is 18.7 Å². The lowest BCUT2D eigenvalue weighted by Crippen LogP contribution is -2.40. The SMILES string of the molecule is CC(O)CN(CC(C)O)C(=O)c1ccc(F)c(F)c1. The van der Waals surface area contributed by atoms with Crippen LogP contribution in [0.1, 0.15) is 24.2 Å². The van der Waals surface area contributed by atoms with E-state index in [0.717, 1.165) is 18.2 Å². The molecule has 0 bridgehead atoms. The summed E-state index contributed by atoms with van der Waals surface area (Å²) in [6, 6.07) is 2.83. The van der Waals surface area contributed by atoms with Crippen molar-refractivity contribution in [1.82, 2.24) is 4.90 Å². The molecule has 0 spiro atoms. The Morgan fingerprint density at radius 2 is 1.68 bits per heavy atom. The molecule has 0 heterocycles. The van der Waals surface area contributed by atoms with Gasteiger partial charge in [0.05, 0.1) is 12.2 Å². The van der Waals surface area contributed by atoms with Crippen molar-refractivity contribution >= 4 is 5.91 Å². The summed E-state index contributed by atoms with van der Waals surface area (Å²) in [5, 5.41) is 18.6. The second kappa shape index (κ2) is 6.58. The van der Waals surface area contributed by atoms with Gasteiger partial charge in [0, 0.05) is 18.7 Å². The van der Waals surface area contributed by atoms with E-state index in [1.54, 1.807) is 0 Å². The number of halogens is 2. The van der Waals surface area contributed by atoms with Crippen molar-refractivity contribution in [2.45, 2.75) is 26.1 Å². The minimum Gasteiger partial charge on any atom is -0.392 e. The van der Waals surface area contributed by atoms with Crippen molar-refractivity contribution < 1.29 is 23.8 Å². The molecule has 0 aromatic heterocycles. The highest BCUT2D eigenvalue weighted by atomic mass is 19.2. The number of benzene rings is 1. The van der Waals surface area contributed by atoms with Gasteiger partial charge >= 0.3 is 0 Å². The molecule has 19 heavy (non-hydrogen) atoms. The van der Waals surface area contributed by atoms with Gasteiger partial charge in [-0.05, 0) is 32.0 Å². The zero-order valence-corrected chi connectivity index (χ0v) is 10.8. The van der Waals surface area contributed by atoms with Crippen LogP contribution >= 0.6 is 0 Å². The molecule has 1 amide bonds. The molecular weight excluding hydrogens is 256 g/mol. The minimum atomic E-state index is -1.11. The van der Waals surface area contributed by atoms with Crippen LogP contribution in [0.2, 0.25) is 0 Å². The molecule has 0 radical (unpaired) electrons. The molecule has 0 aliphatic carbocycles. The van der Waals surface area contributed by atoms with Gasteiger partial charge in [0.15, 0.2) is 11.6 Å². The van der Waals surface area contributed by atoms with Crippen LogP contribution in [0.15, 0.2) is 18.2 Å². The lowest BCUT2D eigenvalue weighted by atomic mass is 10.1. The predicted octanol–water partition coefficient (Wildman–Crippen LogP) is 1.17. The Bertz CT molecular complexity index is 440. The maximum Gasteiger partial charge on any atom is 0.254 e. The fourth-order valence-electron chi connectivity index (χ4n) is 1.69. The summed E-state index contributed by atoms with van der Waals surface area (Å²) in [7, 11) is 0. The van der Waals surface area contributed by atoms with E-state index < -0.39 is 29.7 Å². The Kier molecular flexibility index (Phi) is 5.38. The average Bonchev–Trinajstić information content (AvgIpc) is 2.29. The van der Waals surface area contributed by atoms with Crippen molar-refractivity contribution in [2.75, 3.05) is 13.1 Å². The number of hydrogen-bond donors (Lipinski definition) is 2. The largest absolute Gasteiger partial charge is 0.392 e. The van der Waals surface area contributed by atoms with Gasteiger partial charge in [-0.15, -0.1) is 0 Å². The second-order valence-corrected chi connectivity index (χ2v) is 4.54. The molecule has 1 aromatic rings. The van der Waals surface area contributed by atoms with Crippen LogP contribution in [0.3, 0.4) is 0 Å². The molecule has 2 atom stereocenters. The normalized spacial score (nSPS) is 14.0. The number of amides is 1. The third-order valence-corrected chi connectivity index (χ3v) is 2.42. The van der Waals surface area contributed by atoms with Crippen molar-refractivity contribution in [1.29, 1.82) is 0 Å². The summed E-state index contributed by atoms with van der Waals surface area (Å²) < 4.78 is 25.9. The maximum absolute atomic E-state index is 13.1. The van der Waals surface area contributed by atoms with Crippen LogP contribution < -0.4 is 0 Å². The van der Waals surface area contributed by atoms with Gasteiger partial charge in [0.1, 0.15) is 0 Å². The first kappa shape index (κ1) is 15.5. The summed E-state index contributed by atoms with van der Waals surface area (Å²) >= 11 is 0. The van der Waals surface area contributed by atoms with E-state index in [4.69, 9.17) is 0 Å². The van der Waals surface area contributed by atoms with Crippen molar-refractivity contribution in [3.05, 3.63) is 35.4 Å². The molecule has 106 valence electrons. The summed E-state index contributed by atoms with van der Waals surface area (Å²) in [6.45, 7) is 2.99. The van der Waals surface area contributed by atoms with Gasteiger partial charge in [-0.1, -0.05) is 0 Å². The molecule has 0 fully saturated rings. The van der Waals surface area contributed by atoms with E-state index in [0.29, 0.717) is 0 Å². The van der Waals surface area contributed by atoms with Crippen molar-refractivity contribution in [2.24, 2.45) is 0 Å². The van der Waals surface area contributed by atoms with E-state index in [2.05, 4.69) is 0 Å². The summed E-state index contributed by atoms with van der Waals surface area (Å²) in [4.78, 5) is 13.3.